The highest BCUT2D eigenvalue weighted by Crippen LogP contribution is 2.34. The molecule has 2 aromatic carbocycles. The Morgan fingerprint density at radius 1 is 1.13 bits per heavy atom. The third-order valence-corrected chi connectivity index (χ3v) is 6.04. The predicted molar refractivity (Wildman–Crippen MR) is 109 cm³/mol. The standard InChI is InChI=1S/C20H24N2O7S/c1-13(14-4-6-16-18(10-14)29-12-28-16)22-20(23)15-5-7-17(27-3)19(11-15)30(24,25)21-8-9-26-2/h4-7,10-11,13,21H,8-9,12H2,1-3H3,(H,22,23)/t13-/m0/s1. The van der Waals surface area contributed by atoms with Gasteiger partial charge in [0.1, 0.15) is 10.6 Å². The van der Waals surface area contributed by atoms with Gasteiger partial charge in [-0.3, -0.25) is 4.79 Å². The number of hydrogen-bond donors (Lipinski definition) is 2. The van der Waals surface area contributed by atoms with Gasteiger partial charge in [0.2, 0.25) is 16.8 Å². The van der Waals surface area contributed by atoms with Crippen molar-refractivity contribution in [1.29, 1.82) is 0 Å². The Labute approximate surface area is 175 Å². The second-order valence-corrected chi connectivity index (χ2v) is 8.30. The van der Waals surface area contributed by atoms with E-state index in [1.807, 2.05) is 13.0 Å². The lowest BCUT2D eigenvalue weighted by atomic mass is 10.1. The Morgan fingerprint density at radius 3 is 2.63 bits per heavy atom. The van der Waals surface area contributed by atoms with Crippen molar-refractivity contribution in [2.24, 2.45) is 0 Å². The first-order chi connectivity index (χ1) is 14.4. The van der Waals surface area contributed by atoms with Crippen molar-refractivity contribution < 1.29 is 32.2 Å². The van der Waals surface area contributed by atoms with E-state index in [0.717, 1.165) is 5.56 Å². The van der Waals surface area contributed by atoms with E-state index in [0.29, 0.717) is 11.5 Å². The van der Waals surface area contributed by atoms with Crippen molar-refractivity contribution in [3.05, 3.63) is 47.5 Å². The minimum absolute atomic E-state index is 0.0968. The van der Waals surface area contributed by atoms with Gasteiger partial charge >= 0.3 is 0 Å². The summed E-state index contributed by atoms with van der Waals surface area (Å²) in [6, 6.07) is 9.33. The maximum Gasteiger partial charge on any atom is 0.251 e. The van der Waals surface area contributed by atoms with Crippen LogP contribution in [0.1, 0.15) is 28.9 Å². The highest BCUT2D eigenvalue weighted by Gasteiger charge is 2.22. The zero-order chi connectivity index (χ0) is 21.7. The summed E-state index contributed by atoms with van der Waals surface area (Å²) in [7, 11) is -1.04. The second-order valence-electron chi connectivity index (χ2n) is 6.56. The molecule has 0 bridgehead atoms. The molecule has 1 amide bonds. The number of benzene rings is 2. The van der Waals surface area contributed by atoms with E-state index in [9.17, 15) is 13.2 Å². The molecule has 3 rings (SSSR count). The van der Waals surface area contributed by atoms with E-state index in [4.69, 9.17) is 18.9 Å². The number of carbonyl (C=O) groups is 1. The van der Waals surface area contributed by atoms with Crippen LogP contribution in [0.3, 0.4) is 0 Å². The monoisotopic (exact) mass is 436 g/mol. The van der Waals surface area contributed by atoms with Gasteiger partial charge in [0.15, 0.2) is 11.5 Å². The molecule has 1 aliphatic heterocycles. The molecule has 0 aliphatic carbocycles. The Bertz CT molecular complexity index is 1020. The molecule has 9 nitrogen and oxygen atoms in total. The molecule has 0 fully saturated rings. The maximum absolute atomic E-state index is 12.8. The SMILES string of the molecule is COCCNS(=O)(=O)c1cc(C(=O)N[C@@H](C)c2ccc3c(c2)OCO3)ccc1OC. The summed E-state index contributed by atoms with van der Waals surface area (Å²) in [5.41, 5.74) is 1.02. The summed E-state index contributed by atoms with van der Waals surface area (Å²) in [5.74, 6) is 0.994. The number of nitrogens with one attached hydrogen (secondary N) is 2. The number of hydrogen-bond acceptors (Lipinski definition) is 7. The minimum Gasteiger partial charge on any atom is -0.495 e. The molecule has 162 valence electrons. The average molecular weight is 436 g/mol. The lowest BCUT2D eigenvalue weighted by molar-refractivity contribution is 0.0939. The highest BCUT2D eigenvalue weighted by molar-refractivity contribution is 7.89. The van der Waals surface area contributed by atoms with Crippen molar-refractivity contribution in [3.8, 4) is 17.2 Å². The Hall–Kier alpha value is -2.82. The van der Waals surface area contributed by atoms with Gasteiger partial charge in [-0.2, -0.15) is 0 Å². The van der Waals surface area contributed by atoms with Crippen LogP contribution in [0.15, 0.2) is 41.3 Å². The Morgan fingerprint density at radius 2 is 1.90 bits per heavy atom. The van der Waals surface area contributed by atoms with Gasteiger partial charge in [-0.1, -0.05) is 6.07 Å². The fourth-order valence-corrected chi connectivity index (χ4v) is 4.14. The van der Waals surface area contributed by atoms with Crippen LogP contribution in [0.25, 0.3) is 0 Å². The summed E-state index contributed by atoms with van der Waals surface area (Å²) in [5, 5.41) is 2.86. The molecule has 30 heavy (non-hydrogen) atoms. The first kappa shape index (κ1) is 21.9. The summed E-state index contributed by atoms with van der Waals surface area (Å²) in [6.45, 7) is 2.30. The Kier molecular flexibility index (Phi) is 6.80. The van der Waals surface area contributed by atoms with E-state index in [-0.39, 0.29) is 42.2 Å². The molecule has 10 heteroatoms. The fraction of sp³-hybridized carbons (Fsp3) is 0.350. The average Bonchev–Trinajstić information content (AvgIpc) is 3.21. The van der Waals surface area contributed by atoms with Crippen molar-refractivity contribution >= 4 is 15.9 Å². The lowest BCUT2D eigenvalue weighted by Gasteiger charge is -2.16. The van der Waals surface area contributed by atoms with Crippen molar-refractivity contribution in [2.75, 3.05) is 34.2 Å². The number of amides is 1. The van der Waals surface area contributed by atoms with E-state index in [1.54, 1.807) is 12.1 Å². The van der Waals surface area contributed by atoms with Gasteiger partial charge in [0.05, 0.1) is 19.8 Å². The normalized spacial score (nSPS) is 13.7. The van der Waals surface area contributed by atoms with Crippen molar-refractivity contribution in [1.82, 2.24) is 10.0 Å². The Balaban J connectivity index is 1.78. The molecule has 2 aromatic rings. The van der Waals surface area contributed by atoms with Gasteiger partial charge in [-0.15, -0.1) is 0 Å². The zero-order valence-corrected chi connectivity index (χ0v) is 17.7. The topological polar surface area (TPSA) is 112 Å². The van der Waals surface area contributed by atoms with E-state index < -0.39 is 15.9 Å². The van der Waals surface area contributed by atoms with Crippen LogP contribution in [-0.2, 0) is 14.8 Å². The minimum atomic E-state index is -3.88. The van der Waals surface area contributed by atoms with E-state index in [1.165, 1.54) is 32.4 Å². The summed E-state index contributed by atoms with van der Waals surface area (Å²) >= 11 is 0. The number of fused-ring (bicyclic) bond motifs is 1. The summed E-state index contributed by atoms with van der Waals surface area (Å²) < 4.78 is 48.3. The number of sulfonamides is 1. The van der Waals surface area contributed by atoms with Crippen LogP contribution in [0.4, 0.5) is 0 Å². The third-order valence-electron chi connectivity index (χ3n) is 4.56. The smallest absolute Gasteiger partial charge is 0.251 e. The molecule has 2 N–H and O–H groups in total. The van der Waals surface area contributed by atoms with Crippen LogP contribution < -0.4 is 24.2 Å². The molecule has 0 saturated carbocycles. The molecule has 0 radical (unpaired) electrons. The van der Waals surface area contributed by atoms with Crippen LogP contribution in [-0.4, -0.2) is 48.5 Å². The molecule has 0 unspecified atom stereocenters. The molecular formula is C20H24N2O7S. The zero-order valence-electron chi connectivity index (χ0n) is 16.9. The molecule has 0 saturated heterocycles. The number of rotatable bonds is 9. The van der Waals surface area contributed by atoms with Gasteiger partial charge < -0.3 is 24.3 Å². The number of ether oxygens (including phenoxy) is 4. The number of methoxy groups -OCH3 is 2. The van der Waals surface area contributed by atoms with Gasteiger partial charge in [0, 0.05) is 19.2 Å². The lowest BCUT2D eigenvalue weighted by Crippen LogP contribution is -2.29. The van der Waals surface area contributed by atoms with Crippen LogP contribution in [0.2, 0.25) is 0 Å². The van der Waals surface area contributed by atoms with Crippen molar-refractivity contribution in [3.63, 3.8) is 0 Å². The van der Waals surface area contributed by atoms with Crippen LogP contribution >= 0.6 is 0 Å². The third kappa shape index (κ3) is 4.84. The first-order valence-electron chi connectivity index (χ1n) is 9.22. The largest absolute Gasteiger partial charge is 0.495 e. The predicted octanol–water partition coefficient (Wildman–Crippen LogP) is 1.84. The molecule has 0 aromatic heterocycles. The quantitative estimate of drug-likeness (QED) is 0.577. The molecular weight excluding hydrogens is 412 g/mol. The number of carbonyl (C=O) groups excluding carboxylic acids is 1. The molecule has 1 aliphatic rings. The molecule has 1 atom stereocenters. The van der Waals surface area contributed by atoms with Crippen LogP contribution in [0, 0.1) is 0 Å². The van der Waals surface area contributed by atoms with E-state index >= 15 is 0 Å². The van der Waals surface area contributed by atoms with E-state index in [2.05, 4.69) is 10.0 Å². The molecule has 0 spiro atoms. The van der Waals surface area contributed by atoms with Crippen molar-refractivity contribution in [2.45, 2.75) is 17.9 Å². The maximum atomic E-state index is 12.8. The van der Waals surface area contributed by atoms with Crippen LogP contribution in [0.5, 0.6) is 17.2 Å². The van der Waals surface area contributed by atoms with Gasteiger partial charge in [-0.05, 0) is 42.8 Å². The summed E-state index contributed by atoms with van der Waals surface area (Å²) in [6.07, 6.45) is 0. The first-order valence-corrected chi connectivity index (χ1v) is 10.7. The summed E-state index contributed by atoms with van der Waals surface area (Å²) in [4.78, 5) is 12.6. The van der Waals surface area contributed by atoms with Gasteiger partial charge in [0.25, 0.3) is 5.91 Å². The molecule has 1 heterocycles. The fourth-order valence-electron chi connectivity index (χ4n) is 2.93. The highest BCUT2D eigenvalue weighted by atomic mass is 32.2. The second kappa shape index (κ2) is 9.33. The van der Waals surface area contributed by atoms with Gasteiger partial charge in [-0.25, -0.2) is 13.1 Å².